The van der Waals surface area contributed by atoms with Crippen molar-refractivity contribution in [1.29, 1.82) is 0 Å². The minimum atomic E-state index is -0.866. The topological polar surface area (TPSA) is 90.2 Å². The van der Waals surface area contributed by atoms with Crippen molar-refractivity contribution in [2.45, 2.75) is 44.3 Å². The first-order valence-corrected chi connectivity index (χ1v) is 8.20. The monoisotopic (exact) mass is 330 g/mol. The Labute approximate surface area is 140 Å². The van der Waals surface area contributed by atoms with Gasteiger partial charge >= 0.3 is 0 Å². The van der Waals surface area contributed by atoms with Gasteiger partial charge in [-0.15, -0.1) is 0 Å². The van der Waals surface area contributed by atoms with E-state index in [1.165, 1.54) is 6.07 Å². The molecule has 5 nitrogen and oxygen atoms in total. The third-order valence-electron chi connectivity index (χ3n) is 4.37. The highest BCUT2D eigenvalue weighted by molar-refractivity contribution is 5.49. The summed E-state index contributed by atoms with van der Waals surface area (Å²) in [4.78, 5) is 0. The number of aryl methyl sites for hydroxylation is 1. The predicted molar refractivity (Wildman–Crippen MR) is 89.6 cm³/mol. The molecule has 0 saturated heterocycles. The Morgan fingerprint density at radius 3 is 2.38 bits per heavy atom. The number of aromatic hydroxyl groups is 2. The summed E-state index contributed by atoms with van der Waals surface area (Å²) < 4.78 is 5.63. The van der Waals surface area contributed by atoms with E-state index < -0.39 is 12.2 Å². The molecule has 128 valence electrons. The average Bonchev–Trinajstić information content (AvgIpc) is 2.56. The van der Waals surface area contributed by atoms with Crippen molar-refractivity contribution >= 4 is 0 Å². The summed E-state index contributed by atoms with van der Waals surface area (Å²) in [6.07, 6.45) is 1.55. The summed E-state index contributed by atoms with van der Waals surface area (Å²) in [5, 5.41) is 40.4. The van der Waals surface area contributed by atoms with Crippen molar-refractivity contribution < 1.29 is 25.2 Å². The second kappa shape index (κ2) is 7.11. The summed E-state index contributed by atoms with van der Waals surface area (Å²) in [5.74, 6) is 0.433. The lowest BCUT2D eigenvalue weighted by Crippen LogP contribution is -2.27. The fourth-order valence-electron chi connectivity index (χ4n) is 2.94. The molecule has 2 aromatic rings. The van der Waals surface area contributed by atoms with E-state index in [-0.39, 0.29) is 29.4 Å². The summed E-state index contributed by atoms with van der Waals surface area (Å²) in [6, 6.07) is 9.98. The normalized spacial score (nSPS) is 21.6. The first-order valence-electron chi connectivity index (χ1n) is 8.20. The quantitative estimate of drug-likeness (QED) is 0.596. The summed E-state index contributed by atoms with van der Waals surface area (Å²) in [6.45, 7) is 0. The lowest BCUT2D eigenvalue weighted by molar-refractivity contribution is 0.0138. The number of aliphatic hydroxyl groups is 2. The molecule has 4 N–H and O–H groups in total. The highest BCUT2D eigenvalue weighted by atomic mass is 16.5. The van der Waals surface area contributed by atoms with Crippen LogP contribution in [0.4, 0.5) is 0 Å². The molecule has 0 saturated carbocycles. The van der Waals surface area contributed by atoms with Crippen LogP contribution in [0, 0.1) is 0 Å². The van der Waals surface area contributed by atoms with E-state index in [0.29, 0.717) is 6.42 Å². The standard InChI is InChI=1S/C19H22O5/c20-14-4-2-1-3-12-6-8-18(17(23)9-12)24-19-11-13(10-16(14)22)5-7-15(19)21/h5-9,11,14,16,20-23H,1-4,10H2. The maximum atomic E-state index is 10.2. The van der Waals surface area contributed by atoms with E-state index in [1.807, 2.05) is 6.07 Å². The van der Waals surface area contributed by atoms with Gasteiger partial charge in [-0.3, -0.25) is 0 Å². The van der Waals surface area contributed by atoms with Gasteiger partial charge in [0.25, 0.3) is 0 Å². The number of rotatable bonds is 0. The lowest BCUT2D eigenvalue weighted by Gasteiger charge is -2.18. The molecule has 24 heavy (non-hydrogen) atoms. The molecular formula is C19H22O5. The van der Waals surface area contributed by atoms with Gasteiger partial charge in [-0.1, -0.05) is 18.6 Å². The van der Waals surface area contributed by atoms with Gasteiger partial charge in [-0.2, -0.15) is 0 Å². The largest absolute Gasteiger partial charge is 0.504 e. The smallest absolute Gasteiger partial charge is 0.169 e. The molecule has 0 aromatic heterocycles. The number of benzene rings is 2. The molecule has 2 aromatic carbocycles. The molecule has 4 bridgehead atoms. The second-order valence-corrected chi connectivity index (χ2v) is 6.29. The Morgan fingerprint density at radius 2 is 1.58 bits per heavy atom. The Kier molecular flexibility index (Phi) is 4.92. The molecule has 0 aliphatic carbocycles. The summed E-state index contributed by atoms with van der Waals surface area (Å²) in [5.41, 5.74) is 1.71. The van der Waals surface area contributed by atoms with Gasteiger partial charge in [0.15, 0.2) is 23.0 Å². The molecule has 2 atom stereocenters. The molecule has 5 heteroatoms. The number of hydrogen-bond acceptors (Lipinski definition) is 5. The van der Waals surface area contributed by atoms with Crippen molar-refractivity contribution in [2.24, 2.45) is 0 Å². The third-order valence-corrected chi connectivity index (χ3v) is 4.37. The zero-order chi connectivity index (χ0) is 17.1. The Balaban J connectivity index is 1.96. The molecule has 0 amide bonds. The number of hydrogen-bond donors (Lipinski definition) is 4. The lowest BCUT2D eigenvalue weighted by atomic mass is 9.98. The van der Waals surface area contributed by atoms with E-state index in [2.05, 4.69) is 0 Å². The fraction of sp³-hybridized carbons (Fsp3) is 0.368. The van der Waals surface area contributed by atoms with Crippen LogP contribution < -0.4 is 4.74 Å². The van der Waals surface area contributed by atoms with Gasteiger partial charge in [0.2, 0.25) is 0 Å². The number of phenolic OH excluding ortho intramolecular Hbond substituents is 2. The van der Waals surface area contributed by atoms with Crippen LogP contribution in [0.15, 0.2) is 36.4 Å². The molecule has 0 spiro atoms. The summed E-state index contributed by atoms with van der Waals surface area (Å²) >= 11 is 0. The second-order valence-electron chi connectivity index (χ2n) is 6.29. The number of phenols is 2. The Morgan fingerprint density at radius 1 is 0.792 bits per heavy atom. The molecule has 2 unspecified atom stereocenters. The van der Waals surface area contributed by atoms with E-state index in [9.17, 15) is 20.4 Å². The van der Waals surface area contributed by atoms with E-state index >= 15 is 0 Å². The molecule has 2 heterocycles. The van der Waals surface area contributed by atoms with Crippen LogP contribution in [0.1, 0.15) is 30.4 Å². The van der Waals surface area contributed by atoms with E-state index in [4.69, 9.17) is 4.74 Å². The highest BCUT2D eigenvalue weighted by Gasteiger charge is 2.18. The van der Waals surface area contributed by atoms with Crippen molar-refractivity contribution in [3.8, 4) is 23.0 Å². The zero-order valence-electron chi connectivity index (χ0n) is 13.4. The minimum absolute atomic E-state index is 0.0206. The third kappa shape index (κ3) is 3.80. The van der Waals surface area contributed by atoms with Crippen molar-refractivity contribution in [3.05, 3.63) is 47.5 Å². The van der Waals surface area contributed by atoms with Crippen LogP contribution in [0.2, 0.25) is 0 Å². The summed E-state index contributed by atoms with van der Waals surface area (Å²) in [7, 11) is 0. The first kappa shape index (κ1) is 16.6. The van der Waals surface area contributed by atoms with Gasteiger partial charge in [-0.25, -0.2) is 0 Å². The number of ether oxygens (including phenoxy) is 1. The van der Waals surface area contributed by atoms with Crippen LogP contribution in [-0.2, 0) is 12.8 Å². The molecule has 0 radical (unpaired) electrons. The van der Waals surface area contributed by atoms with Crippen LogP contribution >= 0.6 is 0 Å². The molecule has 0 fully saturated rings. The van der Waals surface area contributed by atoms with Gasteiger partial charge < -0.3 is 25.2 Å². The fourth-order valence-corrected chi connectivity index (χ4v) is 2.94. The maximum Gasteiger partial charge on any atom is 0.169 e. The first-order chi connectivity index (χ1) is 11.5. The SMILES string of the molecule is Oc1cc2ccc1Oc1cc(ccc1O)CC(O)C(O)CCCC2. The highest BCUT2D eigenvalue weighted by Crippen LogP contribution is 2.37. The number of aliphatic hydroxyl groups excluding tert-OH is 2. The van der Waals surface area contributed by atoms with E-state index in [1.54, 1.807) is 24.3 Å². The van der Waals surface area contributed by atoms with Crippen molar-refractivity contribution in [2.75, 3.05) is 0 Å². The predicted octanol–water partition coefficient (Wildman–Crippen LogP) is 2.88. The van der Waals surface area contributed by atoms with E-state index in [0.717, 1.165) is 30.4 Å². The zero-order valence-corrected chi connectivity index (χ0v) is 13.4. The average molecular weight is 330 g/mol. The van der Waals surface area contributed by atoms with Gasteiger partial charge in [-0.05, 0) is 54.7 Å². The van der Waals surface area contributed by atoms with Gasteiger partial charge in [0, 0.05) is 6.42 Å². The van der Waals surface area contributed by atoms with Gasteiger partial charge in [0.1, 0.15) is 0 Å². The van der Waals surface area contributed by atoms with Gasteiger partial charge in [0.05, 0.1) is 12.2 Å². The molecule has 2 aliphatic rings. The molecule has 4 rings (SSSR count). The Hall–Kier alpha value is -2.24. The van der Waals surface area contributed by atoms with Crippen LogP contribution in [0.3, 0.4) is 0 Å². The maximum absolute atomic E-state index is 10.2. The van der Waals surface area contributed by atoms with Crippen molar-refractivity contribution in [1.82, 2.24) is 0 Å². The van der Waals surface area contributed by atoms with Crippen LogP contribution in [0.5, 0.6) is 23.0 Å². The van der Waals surface area contributed by atoms with Crippen molar-refractivity contribution in [3.63, 3.8) is 0 Å². The Bertz CT molecular complexity index is 713. The minimum Gasteiger partial charge on any atom is -0.504 e. The number of fused-ring (bicyclic) bond motifs is 8. The molecule has 2 aliphatic heterocycles. The molecular weight excluding hydrogens is 308 g/mol. The van der Waals surface area contributed by atoms with Crippen LogP contribution in [-0.4, -0.2) is 32.6 Å². The van der Waals surface area contributed by atoms with Crippen LogP contribution in [0.25, 0.3) is 0 Å².